The number of carbonyl (C=O) groups is 2. The normalized spacial score (nSPS) is 31.2. The summed E-state index contributed by atoms with van der Waals surface area (Å²) in [5.74, 6) is -0.432. The second-order valence-electron chi connectivity index (χ2n) is 4.07. The molecular weight excluding hydrogens is 275 g/mol. The van der Waals surface area contributed by atoms with Gasteiger partial charge >= 0.3 is 14.3 Å². The SMILES string of the molecule is CC1=C[NH+]([C@H]2C=C[C@@H](CO[P+](=O)[O-])O2)C(=O)NC1=O. The van der Waals surface area contributed by atoms with Crippen LogP contribution in [-0.2, 0) is 18.6 Å². The van der Waals surface area contributed by atoms with Crippen LogP contribution >= 0.6 is 8.25 Å². The minimum Gasteiger partial charge on any atom is -0.566 e. The van der Waals surface area contributed by atoms with Gasteiger partial charge < -0.3 is 9.63 Å². The van der Waals surface area contributed by atoms with Crippen molar-refractivity contribution in [3.8, 4) is 0 Å². The Balaban J connectivity index is 1.98. The number of ether oxygens (including phenoxy) is 1. The Morgan fingerprint density at radius 3 is 2.95 bits per heavy atom. The second-order valence-corrected chi connectivity index (χ2v) is 4.77. The van der Waals surface area contributed by atoms with Gasteiger partial charge in [0.2, 0.25) is 6.23 Å². The van der Waals surface area contributed by atoms with Gasteiger partial charge in [0.15, 0.2) is 0 Å². The van der Waals surface area contributed by atoms with E-state index in [0.717, 1.165) is 0 Å². The van der Waals surface area contributed by atoms with Gasteiger partial charge in [-0.2, -0.15) is 4.90 Å². The molecule has 2 aliphatic heterocycles. The number of carbonyl (C=O) groups excluding carboxylic acids is 2. The van der Waals surface area contributed by atoms with Gasteiger partial charge in [-0.25, -0.2) is 10.1 Å². The number of rotatable bonds is 4. The number of hydrogen-bond donors (Lipinski definition) is 2. The van der Waals surface area contributed by atoms with E-state index in [1.165, 1.54) is 6.20 Å². The maximum Gasteiger partial charge on any atom is 0.488 e. The van der Waals surface area contributed by atoms with Gasteiger partial charge in [-0.15, -0.1) is 4.52 Å². The molecule has 0 saturated heterocycles. The van der Waals surface area contributed by atoms with Crippen molar-refractivity contribution < 1.29 is 33.2 Å². The number of nitrogens with one attached hydrogen (secondary N) is 2. The van der Waals surface area contributed by atoms with Crippen molar-refractivity contribution in [1.82, 2.24) is 5.32 Å². The van der Waals surface area contributed by atoms with Crippen molar-refractivity contribution in [2.24, 2.45) is 0 Å². The van der Waals surface area contributed by atoms with Crippen molar-refractivity contribution in [2.75, 3.05) is 6.61 Å². The topological polar surface area (TPSA) is 109 Å². The van der Waals surface area contributed by atoms with Crippen LogP contribution in [0.25, 0.3) is 0 Å². The molecule has 0 aromatic rings. The molecule has 2 rings (SSSR count). The highest BCUT2D eigenvalue weighted by Crippen LogP contribution is 2.14. The van der Waals surface area contributed by atoms with Crippen LogP contribution in [0.2, 0.25) is 0 Å². The van der Waals surface area contributed by atoms with Crippen molar-refractivity contribution in [3.05, 3.63) is 23.9 Å². The van der Waals surface area contributed by atoms with Crippen molar-refractivity contribution in [3.63, 3.8) is 0 Å². The Bertz CT molecular complexity index is 488. The van der Waals surface area contributed by atoms with Gasteiger partial charge in [0.1, 0.15) is 18.9 Å². The molecule has 2 N–H and O–H groups in total. The Morgan fingerprint density at radius 1 is 1.53 bits per heavy atom. The lowest BCUT2D eigenvalue weighted by atomic mass is 10.2. The monoisotopic (exact) mass is 287 g/mol. The van der Waals surface area contributed by atoms with E-state index in [2.05, 4.69) is 9.84 Å². The summed E-state index contributed by atoms with van der Waals surface area (Å²) in [7, 11) is -2.92. The molecule has 0 fully saturated rings. The molecule has 2 aliphatic rings. The highest BCUT2D eigenvalue weighted by atomic mass is 31.1. The Kier molecular flexibility index (Phi) is 4.18. The molecule has 0 spiro atoms. The van der Waals surface area contributed by atoms with Crippen molar-refractivity contribution >= 4 is 20.2 Å². The Hall–Kier alpha value is -1.44. The van der Waals surface area contributed by atoms with E-state index in [9.17, 15) is 19.0 Å². The average Bonchev–Trinajstić information content (AvgIpc) is 2.80. The molecule has 19 heavy (non-hydrogen) atoms. The van der Waals surface area contributed by atoms with E-state index < -0.39 is 32.5 Å². The maximum atomic E-state index is 11.7. The summed E-state index contributed by atoms with van der Waals surface area (Å²) >= 11 is 0. The third-order valence-corrected chi connectivity index (χ3v) is 3.05. The van der Waals surface area contributed by atoms with Crippen molar-refractivity contribution in [1.29, 1.82) is 0 Å². The molecule has 0 bridgehead atoms. The molecule has 9 heteroatoms. The first-order valence-electron chi connectivity index (χ1n) is 5.49. The molecule has 0 aliphatic carbocycles. The zero-order valence-corrected chi connectivity index (χ0v) is 10.9. The van der Waals surface area contributed by atoms with E-state index in [0.29, 0.717) is 10.5 Å². The van der Waals surface area contributed by atoms with E-state index in [1.807, 2.05) is 0 Å². The van der Waals surface area contributed by atoms with Gasteiger partial charge in [-0.1, -0.05) is 0 Å². The summed E-state index contributed by atoms with van der Waals surface area (Å²) < 4.78 is 20.2. The van der Waals surface area contributed by atoms with Crippen LogP contribution in [0.5, 0.6) is 0 Å². The largest absolute Gasteiger partial charge is 0.566 e. The summed E-state index contributed by atoms with van der Waals surface area (Å²) in [6.45, 7) is 1.45. The van der Waals surface area contributed by atoms with Crippen LogP contribution in [0.15, 0.2) is 23.9 Å². The quantitative estimate of drug-likeness (QED) is 0.473. The van der Waals surface area contributed by atoms with Crippen LogP contribution in [0.3, 0.4) is 0 Å². The molecular formula is C10H12N2O6P+. The van der Waals surface area contributed by atoms with E-state index >= 15 is 0 Å². The minimum atomic E-state index is -2.92. The van der Waals surface area contributed by atoms with Crippen molar-refractivity contribution in [2.45, 2.75) is 19.3 Å². The lowest BCUT2D eigenvalue weighted by Crippen LogP contribution is -3.16. The molecule has 0 aromatic heterocycles. The summed E-state index contributed by atoms with van der Waals surface area (Å²) in [5, 5.41) is 2.20. The molecule has 0 saturated carbocycles. The zero-order chi connectivity index (χ0) is 14.0. The standard InChI is InChI=1S/C10H11N2O6P/c1-6-4-12(10(14)11-9(6)13)8-3-2-7(18-8)5-17-19(15)16/h2-4,7-8H,5H2,1H3,(H,11,13,14)/p+1/t7-,8+/m0/s1. The van der Waals surface area contributed by atoms with Crippen LogP contribution in [0.4, 0.5) is 4.79 Å². The first-order chi connectivity index (χ1) is 8.97. The maximum absolute atomic E-state index is 11.7. The van der Waals surface area contributed by atoms with E-state index in [1.54, 1.807) is 19.1 Å². The predicted molar refractivity (Wildman–Crippen MR) is 59.6 cm³/mol. The fourth-order valence-corrected chi connectivity index (χ4v) is 2.03. The van der Waals surface area contributed by atoms with Crippen LogP contribution in [0, 0.1) is 0 Å². The number of amides is 3. The van der Waals surface area contributed by atoms with E-state index in [4.69, 9.17) is 4.74 Å². The smallest absolute Gasteiger partial charge is 0.488 e. The highest BCUT2D eigenvalue weighted by molar-refractivity contribution is 7.30. The Labute approximate surface area is 109 Å². The molecule has 0 radical (unpaired) electrons. The number of quaternary nitrogens is 1. The fraction of sp³-hybridized carbons (Fsp3) is 0.400. The molecule has 102 valence electrons. The summed E-state index contributed by atoms with van der Waals surface area (Å²) in [6.07, 6.45) is 3.56. The lowest BCUT2D eigenvalue weighted by Gasteiger charge is -2.22. The number of hydrogen-bond acceptors (Lipinski definition) is 6. The van der Waals surface area contributed by atoms with Gasteiger partial charge in [0, 0.05) is 6.08 Å². The summed E-state index contributed by atoms with van der Waals surface area (Å²) in [4.78, 5) is 33.5. The van der Waals surface area contributed by atoms with Crippen LogP contribution < -0.4 is 15.1 Å². The first-order valence-corrected chi connectivity index (χ1v) is 6.59. The Morgan fingerprint density at radius 2 is 2.26 bits per heavy atom. The molecule has 4 atom stereocenters. The predicted octanol–water partition coefficient (Wildman–Crippen LogP) is -1.66. The summed E-state index contributed by atoms with van der Waals surface area (Å²) in [6, 6.07) is -0.512. The lowest BCUT2D eigenvalue weighted by molar-refractivity contribution is -0.810. The molecule has 2 heterocycles. The third kappa shape index (κ3) is 3.31. The van der Waals surface area contributed by atoms with Crippen LogP contribution in [-0.4, -0.2) is 30.9 Å². The molecule has 2 unspecified atom stereocenters. The number of urea groups is 1. The van der Waals surface area contributed by atoms with Gasteiger partial charge in [-0.3, -0.25) is 4.79 Å². The third-order valence-electron chi connectivity index (χ3n) is 2.69. The minimum absolute atomic E-state index is 0.137. The second kappa shape index (κ2) is 5.68. The van der Waals surface area contributed by atoms with Crippen LogP contribution in [0.1, 0.15) is 6.92 Å². The van der Waals surface area contributed by atoms with E-state index in [-0.39, 0.29) is 6.61 Å². The molecule has 8 nitrogen and oxygen atoms in total. The fourth-order valence-electron chi connectivity index (χ4n) is 1.76. The molecule has 0 aromatic carbocycles. The first kappa shape index (κ1) is 14.0. The summed E-state index contributed by atoms with van der Waals surface area (Å²) in [5.41, 5.74) is 0.411. The zero-order valence-electron chi connectivity index (χ0n) is 9.99. The average molecular weight is 287 g/mol. The number of imide groups is 1. The van der Waals surface area contributed by atoms with Gasteiger partial charge in [0.05, 0.1) is 5.57 Å². The van der Waals surface area contributed by atoms with Gasteiger partial charge in [-0.05, 0) is 17.6 Å². The molecule has 3 amide bonds. The van der Waals surface area contributed by atoms with Gasteiger partial charge in [0.25, 0.3) is 5.91 Å². The highest BCUT2D eigenvalue weighted by Gasteiger charge is 2.37.